The minimum Gasteiger partial charge on any atom is -0.371 e. The Bertz CT molecular complexity index is 330. The summed E-state index contributed by atoms with van der Waals surface area (Å²) in [6.07, 6.45) is 0.00220. The maximum absolute atomic E-state index is 5.94. The van der Waals surface area contributed by atoms with Crippen LogP contribution in [0.5, 0.6) is 0 Å². The van der Waals surface area contributed by atoms with Crippen LogP contribution >= 0.6 is 0 Å². The number of benzene rings is 1. The first-order valence-electron chi connectivity index (χ1n) is 7.18. The van der Waals surface area contributed by atoms with Gasteiger partial charge in [-0.2, -0.15) is 0 Å². The van der Waals surface area contributed by atoms with Crippen LogP contribution in [0.1, 0.15) is 39.4 Å². The Morgan fingerprint density at radius 2 is 1.63 bits per heavy atom. The lowest BCUT2D eigenvalue weighted by Crippen LogP contribution is -2.39. The smallest absolute Gasteiger partial charge is 0.0947 e. The predicted octanol–water partition coefficient (Wildman–Crippen LogP) is 2.82. The van der Waals surface area contributed by atoms with Gasteiger partial charge in [-0.05, 0) is 33.3 Å². The first-order chi connectivity index (χ1) is 9.06. The Labute approximate surface area is 117 Å². The fourth-order valence-corrected chi connectivity index (χ4v) is 2.38. The van der Waals surface area contributed by atoms with E-state index >= 15 is 0 Å². The van der Waals surface area contributed by atoms with Gasteiger partial charge >= 0.3 is 0 Å². The highest BCUT2D eigenvalue weighted by atomic mass is 16.5. The maximum atomic E-state index is 5.94. The molecule has 0 bridgehead atoms. The van der Waals surface area contributed by atoms with Crippen molar-refractivity contribution in [1.82, 2.24) is 4.90 Å². The molecule has 108 valence electrons. The lowest BCUT2D eigenvalue weighted by atomic mass is 10.1. The Morgan fingerprint density at radius 3 is 2.11 bits per heavy atom. The second-order valence-electron chi connectivity index (χ2n) is 5.43. The minimum atomic E-state index is 0.00220. The van der Waals surface area contributed by atoms with Gasteiger partial charge in [0.2, 0.25) is 0 Å². The van der Waals surface area contributed by atoms with Crippen LogP contribution in [-0.2, 0) is 4.74 Å². The first kappa shape index (κ1) is 16.2. The average molecular weight is 264 g/mol. The highest BCUT2D eigenvalue weighted by Crippen LogP contribution is 2.15. The van der Waals surface area contributed by atoms with Crippen LogP contribution < -0.4 is 5.73 Å². The maximum Gasteiger partial charge on any atom is 0.0947 e. The molecule has 0 saturated carbocycles. The minimum absolute atomic E-state index is 0.00220. The zero-order valence-electron chi connectivity index (χ0n) is 12.7. The Morgan fingerprint density at radius 1 is 1.05 bits per heavy atom. The van der Waals surface area contributed by atoms with Crippen LogP contribution in [0.15, 0.2) is 30.3 Å². The second-order valence-corrected chi connectivity index (χ2v) is 5.43. The van der Waals surface area contributed by atoms with Gasteiger partial charge < -0.3 is 10.5 Å². The summed E-state index contributed by atoms with van der Waals surface area (Å²) < 4.78 is 5.94. The summed E-state index contributed by atoms with van der Waals surface area (Å²) in [6, 6.07) is 11.3. The summed E-state index contributed by atoms with van der Waals surface area (Å²) in [5.74, 6) is 0. The van der Waals surface area contributed by atoms with Crippen molar-refractivity contribution in [1.29, 1.82) is 0 Å². The summed E-state index contributed by atoms with van der Waals surface area (Å²) >= 11 is 0. The molecular formula is C16H28N2O. The lowest BCUT2D eigenvalue weighted by Gasteiger charge is -2.31. The Hall–Kier alpha value is -0.900. The third-order valence-corrected chi connectivity index (χ3v) is 3.38. The predicted molar refractivity (Wildman–Crippen MR) is 81.2 cm³/mol. The molecule has 1 aromatic rings. The summed E-state index contributed by atoms with van der Waals surface area (Å²) in [4.78, 5) is 2.43. The van der Waals surface area contributed by atoms with Crippen molar-refractivity contribution in [2.45, 2.75) is 45.9 Å². The molecule has 0 radical (unpaired) electrons. The van der Waals surface area contributed by atoms with E-state index in [9.17, 15) is 0 Å². The van der Waals surface area contributed by atoms with Crippen LogP contribution in [0.2, 0.25) is 0 Å². The molecule has 0 aliphatic rings. The molecule has 0 fully saturated rings. The van der Waals surface area contributed by atoms with Gasteiger partial charge in [-0.25, -0.2) is 0 Å². The number of hydrogen-bond acceptors (Lipinski definition) is 3. The molecule has 0 amide bonds. The van der Waals surface area contributed by atoms with E-state index < -0.39 is 0 Å². The molecule has 0 aliphatic heterocycles. The zero-order chi connectivity index (χ0) is 14.3. The summed E-state index contributed by atoms with van der Waals surface area (Å²) in [6.45, 7) is 11.1. The van der Waals surface area contributed by atoms with E-state index in [4.69, 9.17) is 10.5 Å². The lowest BCUT2D eigenvalue weighted by molar-refractivity contribution is 0.0290. The standard InChI is InChI=1S/C16H28N2O/c1-13(2)18(14(3)4)10-11-19-16(12-17)15-8-6-5-7-9-15/h5-9,13-14,16H,10-12,17H2,1-4H3. The number of ether oxygens (including phenoxy) is 1. The summed E-state index contributed by atoms with van der Waals surface area (Å²) in [7, 11) is 0. The molecule has 2 N–H and O–H groups in total. The Kier molecular flexibility index (Phi) is 7.06. The summed E-state index contributed by atoms with van der Waals surface area (Å²) in [5.41, 5.74) is 6.96. The molecule has 0 aliphatic carbocycles. The van der Waals surface area contributed by atoms with Crippen LogP contribution in [0.4, 0.5) is 0 Å². The molecule has 19 heavy (non-hydrogen) atoms. The third kappa shape index (κ3) is 5.31. The van der Waals surface area contributed by atoms with Gasteiger partial charge in [-0.15, -0.1) is 0 Å². The first-order valence-corrected chi connectivity index (χ1v) is 7.18. The van der Waals surface area contributed by atoms with Crippen molar-refractivity contribution < 1.29 is 4.74 Å². The van der Waals surface area contributed by atoms with Crippen LogP contribution in [0.25, 0.3) is 0 Å². The molecule has 1 unspecified atom stereocenters. The van der Waals surface area contributed by atoms with Gasteiger partial charge in [0, 0.05) is 25.2 Å². The SMILES string of the molecule is CC(C)N(CCOC(CN)c1ccccc1)C(C)C. The molecule has 1 atom stereocenters. The van der Waals surface area contributed by atoms with Crippen molar-refractivity contribution in [2.75, 3.05) is 19.7 Å². The van der Waals surface area contributed by atoms with E-state index in [1.165, 1.54) is 0 Å². The quantitative estimate of drug-likeness (QED) is 0.784. The molecule has 1 rings (SSSR count). The van der Waals surface area contributed by atoms with E-state index in [1.807, 2.05) is 18.2 Å². The van der Waals surface area contributed by atoms with E-state index in [0.29, 0.717) is 25.2 Å². The molecule has 3 nitrogen and oxygen atoms in total. The zero-order valence-corrected chi connectivity index (χ0v) is 12.7. The van der Waals surface area contributed by atoms with E-state index in [1.54, 1.807) is 0 Å². The van der Waals surface area contributed by atoms with Crippen molar-refractivity contribution in [3.63, 3.8) is 0 Å². The summed E-state index contributed by atoms with van der Waals surface area (Å²) in [5, 5.41) is 0. The Balaban J connectivity index is 2.46. The van der Waals surface area contributed by atoms with Crippen molar-refractivity contribution in [3.05, 3.63) is 35.9 Å². The number of rotatable bonds is 8. The third-order valence-electron chi connectivity index (χ3n) is 3.38. The normalized spacial score (nSPS) is 13.5. The van der Waals surface area contributed by atoms with E-state index in [-0.39, 0.29) is 6.10 Å². The fourth-order valence-electron chi connectivity index (χ4n) is 2.38. The topological polar surface area (TPSA) is 38.5 Å². The van der Waals surface area contributed by atoms with Crippen LogP contribution in [0, 0.1) is 0 Å². The highest BCUT2D eigenvalue weighted by molar-refractivity contribution is 5.17. The van der Waals surface area contributed by atoms with E-state index in [2.05, 4.69) is 44.7 Å². The van der Waals surface area contributed by atoms with Crippen LogP contribution in [0.3, 0.4) is 0 Å². The molecule has 0 heterocycles. The molecule has 1 aromatic carbocycles. The molecule has 0 aromatic heterocycles. The second kappa shape index (κ2) is 8.31. The molecule has 0 saturated heterocycles. The highest BCUT2D eigenvalue weighted by Gasteiger charge is 2.14. The molecule has 3 heteroatoms. The van der Waals surface area contributed by atoms with Gasteiger partial charge in [-0.3, -0.25) is 4.90 Å². The van der Waals surface area contributed by atoms with Gasteiger partial charge in [0.25, 0.3) is 0 Å². The molecular weight excluding hydrogens is 236 g/mol. The van der Waals surface area contributed by atoms with Gasteiger partial charge in [0.05, 0.1) is 12.7 Å². The monoisotopic (exact) mass is 264 g/mol. The number of hydrogen-bond donors (Lipinski definition) is 1. The van der Waals surface area contributed by atoms with Crippen LogP contribution in [-0.4, -0.2) is 36.7 Å². The van der Waals surface area contributed by atoms with Gasteiger partial charge in [0.1, 0.15) is 0 Å². The molecule has 0 spiro atoms. The van der Waals surface area contributed by atoms with Crippen molar-refractivity contribution in [3.8, 4) is 0 Å². The fraction of sp³-hybridized carbons (Fsp3) is 0.625. The largest absolute Gasteiger partial charge is 0.371 e. The number of nitrogens with zero attached hydrogens (tertiary/aromatic N) is 1. The van der Waals surface area contributed by atoms with E-state index in [0.717, 1.165) is 12.1 Å². The van der Waals surface area contributed by atoms with Gasteiger partial charge in [-0.1, -0.05) is 30.3 Å². The van der Waals surface area contributed by atoms with Crippen molar-refractivity contribution in [2.24, 2.45) is 5.73 Å². The average Bonchev–Trinajstić information content (AvgIpc) is 2.39. The van der Waals surface area contributed by atoms with Gasteiger partial charge in [0.15, 0.2) is 0 Å². The number of nitrogens with two attached hydrogens (primary N) is 1. The van der Waals surface area contributed by atoms with Crippen molar-refractivity contribution >= 4 is 0 Å².